The molecule has 2 aromatic carbocycles. The van der Waals surface area contributed by atoms with Crippen LogP contribution in [0, 0.1) is 12.8 Å². The standard InChI is InChI=1S/C23H26N4O3/c1-15(2)22(28)25-18-8-6-17(7-9-18)14-24-23(29)19-11-12-27(26-19)20-13-16(3)5-10-21(20)30-4/h5-13,15H,14H2,1-4H3,(H,24,29)(H,25,28). The van der Waals surface area contributed by atoms with E-state index in [1.165, 1.54) is 0 Å². The van der Waals surface area contributed by atoms with E-state index in [4.69, 9.17) is 4.74 Å². The van der Waals surface area contributed by atoms with E-state index in [1.807, 2.05) is 63.2 Å². The second-order valence-corrected chi connectivity index (χ2v) is 7.34. The molecule has 156 valence electrons. The predicted octanol–water partition coefficient (Wildman–Crippen LogP) is 3.71. The average molecular weight is 406 g/mol. The number of hydrogen-bond donors (Lipinski definition) is 2. The molecular formula is C23H26N4O3. The summed E-state index contributed by atoms with van der Waals surface area (Å²) in [5.74, 6) is 0.304. The highest BCUT2D eigenvalue weighted by Crippen LogP contribution is 2.23. The molecule has 2 N–H and O–H groups in total. The normalized spacial score (nSPS) is 10.7. The van der Waals surface area contributed by atoms with Crippen molar-refractivity contribution in [2.75, 3.05) is 12.4 Å². The molecule has 2 amide bonds. The number of aryl methyl sites for hydroxylation is 1. The monoisotopic (exact) mass is 406 g/mol. The molecule has 3 aromatic rings. The van der Waals surface area contributed by atoms with Crippen LogP contribution in [-0.4, -0.2) is 28.7 Å². The van der Waals surface area contributed by atoms with Gasteiger partial charge in [-0.05, 0) is 48.4 Å². The molecule has 0 unspecified atom stereocenters. The first-order valence-electron chi connectivity index (χ1n) is 9.76. The van der Waals surface area contributed by atoms with Crippen LogP contribution in [-0.2, 0) is 11.3 Å². The molecule has 0 aliphatic heterocycles. The van der Waals surface area contributed by atoms with Gasteiger partial charge in [-0.3, -0.25) is 9.59 Å². The summed E-state index contributed by atoms with van der Waals surface area (Å²) in [6, 6.07) is 14.8. The Bertz CT molecular complexity index is 1040. The Kier molecular flexibility index (Phi) is 6.51. The predicted molar refractivity (Wildman–Crippen MR) is 116 cm³/mol. The number of ether oxygens (including phenoxy) is 1. The summed E-state index contributed by atoms with van der Waals surface area (Å²) in [5, 5.41) is 10.1. The van der Waals surface area contributed by atoms with E-state index in [2.05, 4.69) is 15.7 Å². The van der Waals surface area contributed by atoms with Gasteiger partial charge in [0.05, 0.1) is 7.11 Å². The second-order valence-electron chi connectivity index (χ2n) is 7.34. The summed E-state index contributed by atoms with van der Waals surface area (Å²) in [6.45, 7) is 6.03. The SMILES string of the molecule is COc1ccc(C)cc1-n1ccc(C(=O)NCc2ccc(NC(=O)C(C)C)cc2)n1. The van der Waals surface area contributed by atoms with Crippen LogP contribution in [0.15, 0.2) is 54.7 Å². The average Bonchev–Trinajstić information content (AvgIpc) is 3.23. The molecule has 0 aliphatic rings. The van der Waals surface area contributed by atoms with Crippen LogP contribution < -0.4 is 15.4 Å². The zero-order valence-electron chi connectivity index (χ0n) is 17.6. The van der Waals surface area contributed by atoms with E-state index in [-0.39, 0.29) is 17.7 Å². The first-order chi connectivity index (χ1) is 14.4. The fourth-order valence-electron chi connectivity index (χ4n) is 2.82. The summed E-state index contributed by atoms with van der Waals surface area (Å²) >= 11 is 0. The van der Waals surface area contributed by atoms with Crippen LogP contribution in [0.5, 0.6) is 5.75 Å². The summed E-state index contributed by atoms with van der Waals surface area (Å²) in [5.41, 5.74) is 3.82. The minimum atomic E-state index is -0.266. The summed E-state index contributed by atoms with van der Waals surface area (Å²) < 4.78 is 7.02. The van der Waals surface area contributed by atoms with Gasteiger partial charge in [0, 0.05) is 24.3 Å². The van der Waals surface area contributed by atoms with Gasteiger partial charge in [-0.15, -0.1) is 0 Å². The van der Waals surface area contributed by atoms with Gasteiger partial charge in [0.15, 0.2) is 5.69 Å². The molecule has 7 heteroatoms. The smallest absolute Gasteiger partial charge is 0.272 e. The van der Waals surface area contributed by atoms with Gasteiger partial charge in [-0.1, -0.05) is 32.0 Å². The van der Waals surface area contributed by atoms with E-state index in [0.717, 1.165) is 22.5 Å². The van der Waals surface area contributed by atoms with Gasteiger partial charge in [-0.2, -0.15) is 5.10 Å². The van der Waals surface area contributed by atoms with E-state index in [1.54, 1.807) is 24.1 Å². The van der Waals surface area contributed by atoms with Crippen molar-refractivity contribution >= 4 is 17.5 Å². The Hall–Kier alpha value is -3.61. The number of carbonyl (C=O) groups excluding carboxylic acids is 2. The molecule has 7 nitrogen and oxygen atoms in total. The maximum Gasteiger partial charge on any atom is 0.272 e. The minimum Gasteiger partial charge on any atom is -0.494 e. The number of nitrogens with zero attached hydrogens (tertiary/aromatic N) is 2. The van der Waals surface area contributed by atoms with Crippen LogP contribution >= 0.6 is 0 Å². The number of amides is 2. The highest BCUT2D eigenvalue weighted by molar-refractivity contribution is 5.92. The number of aromatic nitrogens is 2. The summed E-state index contributed by atoms with van der Waals surface area (Å²) in [7, 11) is 1.60. The zero-order chi connectivity index (χ0) is 21.7. The molecule has 1 aromatic heterocycles. The third-order valence-corrected chi connectivity index (χ3v) is 4.60. The van der Waals surface area contributed by atoms with Crippen molar-refractivity contribution in [3.05, 3.63) is 71.5 Å². The number of anilines is 1. The van der Waals surface area contributed by atoms with Crippen LogP contribution in [0.3, 0.4) is 0 Å². The number of methoxy groups -OCH3 is 1. The van der Waals surface area contributed by atoms with Gasteiger partial charge in [-0.25, -0.2) is 4.68 Å². The van der Waals surface area contributed by atoms with Crippen molar-refractivity contribution in [3.63, 3.8) is 0 Å². The molecule has 1 heterocycles. The Labute approximate surface area is 176 Å². The molecule has 3 rings (SSSR count). The molecule has 0 aliphatic carbocycles. The van der Waals surface area contributed by atoms with Crippen LogP contribution in [0.1, 0.15) is 35.5 Å². The highest BCUT2D eigenvalue weighted by atomic mass is 16.5. The molecule has 0 radical (unpaired) electrons. The lowest BCUT2D eigenvalue weighted by Gasteiger charge is -2.09. The Balaban J connectivity index is 1.62. The number of carbonyl (C=O) groups is 2. The lowest BCUT2D eigenvalue weighted by atomic mass is 10.1. The van der Waals surface area contributed by atoms with Gasteiger partial charge < -0.3 is 15.4 Å². The van der Waals surface area contributed by atoms with Crippen LogP contribution in [0.25, 0.3) is 5.69 Å². The first-order valence-corrected chi connectivity index (χ1v) is 9.76. The molecule has 0 bridgehead atoms. The molecule has 0 fully saturated rings. The quantitative estimate of drug-likeness (QED) is 0.626. The first kappa shape index (κ1) is 21.1. The van der Waals surface area contributed by atoms with E-state index in [9.17, 15) is 9.59 Å². The lowest BCUT2D eigenvalue weighted by molar-refractivity contribution is -0.118. The van der Waals surface area contributed by atoms with Crippen molar-refractivity contribution in [2.24, 2.45) is 5.92 Å². The Morgan fingerprint density at radius 1 is 1.10 bits per heavy atom. The summed E-state index contributed by atoms with van der Waals surface area (Å²) in [6.07, 6.45) is 1.73. The maximum absolute atomic E-state index is 12.5. The Morgan fingerprint density at radius 2 is 1.83 bits per heavy atom. The van der Waals surface area contributed by atoms with Gasteiger partial charge in [0.2, 0.25) is 5.91 Å². The summed E-state index contributed by atoms with van der Waals surface area (Å²) in [4.78, 5) is 24.2. The number of rotatable bonds is 7. The van der Waals surface area contributed by atoms with Gasteiger partial charge in [0.25, 0.3) is 5.91 Å². The topological polar surface area (TPSA) is 85.2 Å². The number of benzene rings is 2. The second kappa shape index (κ2) is 9.26. The minimum absolute atomic E-state index is 0.0307. The van der Waals surface area contributed by atoms with Gasteiger partial charge >= 0.3 is 0 Å². The number of hydrogen-bond acceptors (Lipinski definition) is 4. The third-order valence-electron chi connectivity index (χ3n) is 4.60. The third kappa shape index (κ3) is 5.05. The van der Waals surface area contributed by atoms with Crippen LogP contribution in [0.4, 0.5) is 5.69 Å². The molecule has 0 atom stereocenters. The van der Waals surface area contributed by atoms with Crippen molar-refractivity contribution in [3.8, 4) is 11.4 Å². The number of nitrogens with one attached hydrogen (secondary N) is 2. The van der Waals surface area contributed by atoms with Crippen molar-refractivity contribution in [1.29, 1.82) is 0 Å². The fourth-order valence-corrected chi connectivity index (χ4v) is 2.82. The van der Waals surface area contributed by atoms with Gasteiger partial charge in [0.1, 0.15) is 11.4 Å². The zero-order valence-corrected chi connectivity index (χ0v) is 17.6. The lowest BCUT2D eigenvalue weighted by Crippen LogP contribution is -2.23. The largest absolute Gasteiger partial charge is 0.494 e. The van der Waals surface area contributed by atoms with Crippen molar-refractivity contribution < 1.29 is 14.3 Å². The molecule has 0 saturated carbocycles. The van der Waals surface area contributed by atoms with Crippen molar-refractivity contribution in [2.45, 2.75) is 27.3 Å². The van der Waals surface area contributed by atoms with Crippen LogP contribution in [0.2, 0.25) is 0 Å². The molecular weight excluding hydrogens is 380 g/mol. The van der Waals surface area contributed by atoms with E-state index >= 15 is 0 Å². The molecule has 0 saturated heterocycles. The fraction of sp³-hybridized carbons (Fsp3) is 0.261. The van der Waals surface area contributed by atoms with E-state index in [0.29, 0.717) is 18.0 Å². The maximum atomic E-state index is 12.5. The molecule has 30 heavy (non-hydrogen) atoms. The molecule has 0 spiro atoms. The van der Waals surface area contributed by atoms with Crippen molar-refractivity contribution in [1.82, 2.24) is 15.1 Å². The highest BCUT2D eigenvalue weighted by Gasteiger charge is 2.13. The Morgan fingerprint density at radius 3 is 2.50 bits per heavy atom. The van der Waals surface area contributed by atoms with E-state index < -0.39 is 0 Å².